The molecule has 0 spiro atoms. The van der Waals surface area contributed by atoms with Gasteiger partial charge in [-0.25, -0.2) is 4.98 Å². The lowest BCUT2D eigenvalue weighted by atomic mass is 10.2. The zero-order chi connectivity index (χ0) is 13.8. The van der Waals surface area contributed by atoms with Crippen LogP contribution in [0.5, 0.6) is 0 Å². The minimum absolute atomic E-state index is 0.0206. The van der Waals surface area contributed by atoms with Gasteiger partial charge < -0.3 is 20.6 Å². The van der Waals surface area contributed by atoms with Crippen molar-refractivity contribution in [1.29, 1.82) is 0 Å². The van der Waals surface area contributed by atoms with Crippen molar-refractivity contribution >= 4 is 23.3 Å². The number of pyridine rings is 1. The summed E-state index contributed by atoms with van der Waals surface area (Å²) < 4.78 is 5.59. The van der Waals surface area contributed by atoms with Gasteiger partial charge in [-0.15, -0.1) is 0 Å². The van der Waals surface area contributed by atoms with Crippen LogP contribution < -0.4 is 10.6 Å². The van der Waals surface area contributed by atoms with E-state index in [1.54, 1.807) is 12.3 Å². The number of aromatic nitrogens is 1. The highest BCUT2D eigenvalue weighted by Crippen LogP contribution is 2.28. The molecular weight excluding hydrogens is 268 g/mol. The molecule has 1 unspecified atom stereocenters. The molecular formula is C12H17ClN4O2. The number of halogens is 1. The molecule has 1 atom stereocenters. The van der Waals surface area contributed by atoms with E-state index in [9.17, 15) is 0 Å². The van der Waals surface area contributed by atoms with Gasteiger partial charge in [0, 0.05) is 31.5 Å². The lowest BCUT2D eigenvalue weighted by Gasteiger charge is -2.24. The number of rotatable bonds is 2. The van der Waals surface area contributed by atoms with E-state index < -0.39 is 0 Å². The Bertz CT molecular complexity index is 481. The Kier molecular flexibility index (Phi) is 4.44. The summed E-state index contributed by atoms with van der Waals surface area (Å²) in [4.78, 5) is 6.37. The molecule has 19 heavy (non-hydrogen) atoms. The highest BCUT2D eigenvalue weighted by molar-refractivity contribution is 6.36. The molecule has 104 valence electrons. The van der Waals surface area contributed by atoms with Crippen LogP contribution in [0, 0.1) is 0 Å². The van der Waals surface area contributed by atoms with Gasteiger partial charge in [0.15, 0.2) is 5.84 Å². The molecule has 2 rings (SSSR count). The number of oxime groups is 1. The van der Waals surface area contributed by atoms with Gasteiger partial charge in [-0.3, -0.25) is 0 Å². The zero-order valence-corrected chi connectivity index (χ0v) is 11.5. The number of amidine groups is 1. The molecule has 1 aromatic heterocycles. The topological polar surface area (TPSA) is 84.0 Å². The van der Waals surface area contributed by atoms with Gasteiger partial charge in [0.05, 0.1) is 11.1 Å². The van der Waals surface area contributed by atoms with E-state index in [0.29, 0.717) is 22.9 Å². The standard InChI is InChI=1S/C12H17ClN4O2/c1-8-7-17(5-2-6-19-8)12-10(13)9(3-4-15-12)11(14)16-18/h3-4,8,18H,2,5-7H2,1H3,(H2,14,16). The summed E-state index contributed by atoms with van der Waals surface area (Å²) in [7, 11) is 0. The molecule has 0 saturated carbocycles. The van der Waals surface area contributed by atoms with E-state index in [1.165, 1.54) is 0 Å². The third kappa shape index (κ3) is 3.08. The molecule has 3 N–H and O–H groups in total. The lowest BCUT2D eigenvalue weighted by molar-refractivity contribution is 0.0820. The predicted octanol–water partition coefficient (Wildman–Crippen LogP) is 1.44. The molecule has 1 aliphatic heterocycles. The summed E-state index contributed by atoms with van der Waals surface area (Å²) in [5.41, 5.74) is 6.07. The first-order valence-electron chi connectivity index (χ1n) is 6.12. The highest BCUT2D eigenvalue weighted by Gasteiger charge is 2.20. The van der Waals surface area contributed by atoms with Crippen molar-refractivity contribution in [2.24, 2.45) is 10.9 Å². The van der Waals surface area contributed by atoms with Gasteiger partial charge in [0.25, 0.3) is 0 Å². The molecule has 0 aromatic carbocycles. The maximum atomic E-state index is 8.75. The molecule has 0 bridgehead atoms. The van der Waals surface area contributed by atoms with Gasteiger partial charge >= 0.3 is 0 Å². The normalized spacial score (nSPS) is 21.3. The number of hydrogen-bond donors (Lipinski definition) is 2. The minimum Gasteiger partial charge on any atom is -0.409 e. The summed E-state index contributed by atoms with van der Waals surface area (Å²) in [6.45, 7) is 4.28. The van der Waals surface area contributed by atoms with Crippen molar-refractivity contribution in [1.82, 2.24) is 4.98 Å². The summed E-state index contributed by atoms with van der Waals surface area (Å²) in [5, 5.41) is 12.1. The van der Waals surface area contributed by atoms with E-state index in [1.807, 2.05) is 6.92 Å². The van der Waals surface area contributed by atoms with Crippen molar-refractivity contribution in [3.8, 4) is 0 Å². The number of anilines is 1. The number of ether oxygens (including phenoxy) is 1. The Morgan fingerprint density at radius 1 is 1.68 bits per heavy atom. The SMILES string of the molecule is CC1CN(c2nccc(/C(N)=N/O)c2Cl)CCCO1. The highest BCUT2D eigenvalue weighted by atomic mass is 35.5. The van der Waals surface area contributed by atoms with Gasteiger partial charge in [0.1, 0.15) is 5.82 Å². The third-order valence-electron chi connectivity index (χ3n) is 3.01. The van der Waals surface area contributed by atoms with Crippen LogP contribution in [-0.2, 0) is 4.74 Å². The quantitative estimate of drug-likeness (QED) is 0.372. The predicted molar refractivity (Wildman–Crippen MR) is 74.0 cm³/mol. The van der Waals surface area contributed by atoms with Crippen molar-refractivity contribution < 1.29 is 9.94 Å². The minimum atomic E-state index is -0.0206. The lowest BCUT2D eigenvalue weighted by Crippen LogP contribution is -2.31. The van der Waals surface area contributed by atoms with E-state index in [0.717, 1.165) is 19.6 Å². The van der Waals surface area contributed by atoms with Gasteiger partial charge in [-0.2, -0.15) is 0 Å². The molecule has 6 nitrogen and oxygen atoms in total. The summed E-state index contributed by atoms with van der Waals surface area (Å²) in [6, 6.07) is 1.62. The molecule has 7 heteroatoms. The fourth-order valence-corrected chi connectivity index (χ4v) is 2.42. The third-order valence-corrected chi connectivity index (χ3v) is 3.38. The first kappa shape index (κ1) is 13.9. The number of nitrogens with two attached hydrogens (primary N) is 1. The second-order valence-corrected chi connectivity index (χ2v) is 4.84. The van der Waals surface area contributed by atoms with E-state index >= 15 is 0 Å². The Labute approximate surface area is 116 Å². The van der Waals surface area contributed by atoms with Gasteiger partial charge in [-0.05, 0) is 19.4 Å². The number of hydrogen-bond acceptors (Lipinski definition) is 5. The monoisotopic (exact) mass is 284 g/mol. The van der Waals surface area contributed by atoms with Crippen LogP contribution >= 0.6 is 11.6 Å². The first-order valence-corrected chi connectivity index (χ1v) is 6.50. The maximum absolute atomic E-state index is 8.75. The maximum Gasteiger partial charge on any atom is 0.171 e. The average Bonchev–Trinajstić information content (AvgIpc) is 2.63. The molecule has 0 aliphatic carbocycles. The second-order valence-electron chi connectivity index (χ2n) is 4.46. The number of nitrogens with zero attached hydrogens (tertiary/aromatic N) is 3. The fourth-order valence-electron chi connectivity index (χ4n) is 2.09. The molecule has 2 heterocycles. The van der Waals surface area contributed by atoms with Crippen molar-refractivity contribution in [2.45, 2.75) is 19.4 Å². The Balaban J connectivity index is 2.34. The van der Waals surface area contributed by atoms with Crippen molar-refractivity contribution in [2.75, 3.05) is 24.6 Å². The van der Waals surface area contributed by atoms with E-state index in [2.05, 4.69) is 15.0 Å². The van der Waals surface area contributed by atoms with Crippen molar-refractivity contribution in [3.05, 3.63) is 22.8 Å². The molecule has 1 fully saturated rings. The van der Waals surface area contributed by atoms with Crippen LogP contribution in [0.15, 0.2) is 17.4 Å². The zero-order valence-electron chi connectivity index (χ0n) is 10.7. The van der Waals surface area contributed by atoms with Crippen LogP contribution in [-0.4, -0.2) is 41.8 Å². The molecule has 1 aliphatic rings. The summed E-state index contributed by atoms with van der Waals surface area (Å²) >= 11 is 6.30. The van der Waals surface area contributed by atoms with Crippen LogP contribution in [0.25, 0.3) is 0 Å². The van der Waals surface area contributed by atoms with Crippen LogP contribution in [0.4, 0.5) is 5.82 Å². The van der Waals surface area contributed by atoms with Crippen LogP contribution in [0.2, 0.25) is 5.02 Å². The Hall–Kier alpha value is -1.53. The molecule has 0 radical (unpaired) electrons. The summed E-state index contributed by atoms with van der Waals surface area (Å²) in [5.74, 6) is 0.621. The Morgan fingerprint density at radius 2 is 2.47 bits per heavy atom. The van der Waals surface area contributed by atoms with E-state index in [-0.39, 0.29) is 11.9 Å². The van der Waals surface area contributed by atoms with Gasteiger partial charge in [0.2, 0.25) is 0 Å². The van der Waals surface area contributed by atoms with Crippen molar-refractivity contribution in [3.63, 3.8) is 0 Å². The largest absolute Gasteiger partial charge is 0.409 e. The molecule has 0 amide bonds. The first-order chi connectivity index (χ1) is 9.13. The Morgan fingerprint density at radius 3 is 3.21 bits per heavy atom. The van der Waals surface area contributed by atoms with E-state index in [4.69, 9.17) is 27.3 Å². The average molecular weight is 285 g/mol. The van der Waals surface area contributed by atoms with Crippen LogP contribution in [0.1, 0.15) is 18.9 Å². The van der Waals surface area contributed by atoms with Crippen LogP contribution in [0.3, 0.4) is 0 Å². The smallest absolute Gasteiger partial charge is 0.171 e. The second kappa shape index (κ2) is 6.08. The van der Waals surface area contributed by atoms with Gasteiger partial charge in [-0.1, -0.05) is 16.8 Å². The summed E-state index contributed by atoms with van der Waals surface area (Å²) in [6.07, 6.45) is 2.63. The fraction of sp³-hybridized carbons (Fsp3) is 0.500. The molecule has 1 saturated heterocycles. The molecule has 1 aromatic rings.